The van der Waals surface area contributed by atoms with E-state index >= 15 is 0 Å². The minimum Gasteiger partial charge on any atom is -0.376 e. The Morgan fingerprint density at radius 2 is 2.24 bits per heavy atom. The van der Waals surface area contributed by atoms with Crippen LogP contribution >= 0.6 is 11.6 Å². The molecule has 1 aromatic rings. The minimum atomic E-state index is -0.300. The molecule has 0 aliphatic heterocycles. The van der Waals surface area contributed by atoms with E-state index in [4.69, 9.17) is 16.3 Å². The quantitative estimate of drug-likeness (QED) is 0.854. The first-order valence-corrected chi connectivity index (χ1v) is 6.35. The number of aryl methyl sites for hydroxylation is 1. The zero-order valence-corrected chi connectivity index (χ0v) is 12.0. The molecule has 98 valence electrons. The van der Waals surface area contributed by atoms with Crippen molar-refractivity contribution >= 4 is 11.6 Å². The van der Waals surface area contributed by atoms with Gasteiger partial charge < -0.3 is 10.1 Å². The second-order valence-electron chi connectivity index (χ2n) is 4.29. The number of halogens is 1. The van der Waals surface area contributed by atoms with Gasteiger partial charge in [-0.15, -0.1) is 0 Å². The molecule has 1 aromatic heterocycles. The summed E-state index contributed by atoms with van der Waals surface area (Å²) in [5.41, 5.74) is 0.689. The molecule has 0 aliphatic rings. The molecule has 5 heteroatoms. The van der Waals surface area contributed by atoms with E-state index in [-0.39, 0.29) is 11.6 Å². The number of nitrogens with one attached hydrogen (secondary N) is 1. The predicted octanol–water partition coefficient (Wildman–Crippen LogP) is 2.63. The van der Waals surface area contributed by atoms with Crippen LogP contribution in [0.3, 0.4) is 0 Å². The fourth-order valence-corrected chi connectivity index (χ4v) is 2.36. The van der Waals surface area contributed by atoms with Gasteiger partial charge in [-0.3, -0.25) is 4.68 Å². The van der Waals surface area contributed by atoms with E-state index < -0.39 is 0 Å². The molecular weight excluding hydrogens is 238 g/mol. The highest BCUT2D eigenvalue weighted by atomic mass is 35.5. The van der Waals surface area contributed by atoms with Crippen molar-refractivity contribution in [1.82, 2.24) is 15.1 Å². The highest BCUT2D eigenvalue weighted by molar-refractivity contribution is 6.31. The molecule has 0 aliphatic carbocycles. The van der Waals surface area contributed by atoms with Crippen molar-refractivity contribution in [3.8, 4) is 0 Å². The maximum absolute atomic E-state index is 6.24. The maximum Gasteiger partial charge on any atom is 0.0857 e. The summed E-state index contributed by atoms with van der Waals surface area (Å²) in [5.74, 6) is 0. The zero-order valence-electron chi connectivity index (χ0n) is 11.2. The first-order valence-electron chi connectivity index (χ1n) is 5.97. The standard InChI is InChI=1S/C12H22ClN3O/c1-6-12(3,17-5)11(14-4)10-9(13)8-15-16(10)7-2/h8,11,14H,6-7H2,1-5H3. The average Bonchev–Trinajstić information content (AvgIpc) is 2.71. The number of methoxy groups -OCH3 is 1. The van der Waals surface area contributed by atoms with Gasteiger partial charge in [0.2, 0.25) is 0 Å². The molecule has 0 bridgehead atoms. The van der Waals surface area contributed by atoms with E-state index in [0.717, 1.165) is 18.7 Å². The third kappa shape index (κ3) is 2.64. The van der Waals surface area contributed by atoms with Gasteiger partial charge in [0.15, 0.2) is 0 Å². The normalized spacial score (nSPS) is 16.8. The molecule has 0 fully saturated rings. The molecule has 0 spiro atoms. The Morgan fingerprint density at radius 3 is 2.65 bits per heavy atom. The number of hydrogen-bond donors (Lipinski definition) is 1. The number of rotatable bonds is 6. The topological polar surface area (TPSA) is 39.1 Å². The van der Waals surface area contributed by atoms with Gasteiger partial charge in [0.1, 0.15) is 0 Å². The molecule has 1 rings (SSSR count). The Balaban J connectivity index is 3.21. The molecule has 0 aromatic carbocycles. The van der Waals surface area contributed by atoms with Crippen LogP contribution in [-0.4, -0.2) is 29.5 Å². The lowest BCUT2D eigenvalue weighted by atomic mass is 9.90. The van der Waals surface area contributed by atoms with E-state index in [1.807, 2.05) is 11.7 Å². The number of hydrogen-bond acceptors (Lipinski definition) is 3. The van der Waals surface area contributed by atoms with Crippen LogP contribution < -0.4 is 5.32 Å². The van der Waals surface area contributed by atoms with Gasteiger partial charge in [0, 0.05) is 13.7 Å². The Hall–Kier alpha value is -0.580. The summed E-state index contributed by atoms with van der Waals surface area (Å²) >= 11 is 6.24. The lowest BCUT2D eigenvalue weighted by Crippen LogP contribution is -2.42. The average molecular weight is 260 g/mol. The van der Waals surface area contributed by atoms with Crippen molar-refractivity contribution in [2.45, 2.75) is 45.4 Å². The number of aromatic nitrogens is 2. The number of nitrogens with zero attached hydrogens (tertiary/aromatic N) is 2. The summed E-state index contributed by atoms with van der Waals surface area (Å²) < 4.78 is 7.57. The van der Waals surface area contributed by atoms with Crippen molar-refractivity contribution in [3.63, 3.8) is 0 Å². The van der Waals surface area contributed by atoms with Crippen molar-refractivity contribution in [3.05, 3.63) is 16.9 Å². The van der Waals surface area contributed by atoms with Crippen LogP contribution in [0, 0.1) is 0 Å². The number of likely N-dealkylation sites (N-methyl/N-ethyl adjacent to an activating group) is 1. The van der Waals surface area contributed by atoms with E-state index in [1.165, 1.54) is 0 Å². The largest absolute Gasteiger partial charge is 0.376 e. The van der Waals surface area contributed by atoms with Crippen LogP contribution in [0.1, 0.15) is 38.9 Å². The van der Waals surface area contributed by atoms with E-state index in [9.17, 15) is 0 Å². The second-order valence-corrected chi connectivity index (χ2v) is 4.69. The number of ether oxygens (including phenoxy) is 1. The van der Waals surface area contributed by atoms with Gasteiger partial charge in [-0.2, -0.15) is 5.10 Å². The maximum atomic E-state index is 6.24. The monoisotopic (exact) mass is 259 g/mol. The first-order chi connectivity index (χ1) is 8.03. The molecule has 1 N–H and O–H groups in total. The molecule has 2 atom stereocenters. The third-order valence-electron chi connectivity index (χ3n) is 3.47. The highest BCUT2D eigenvalue weighted by Gasteiger charge is 2.36. The van der Waals surface area contributed by atoms with Crippen LogP contribution in [0.4, 0.5) is 0 Å². The summed E-state index contributed by atoms with van der Waals surface area (Å²) in [6.45, 7) is 7.03. The second kappa shape index (κ2) is 5.85. The molecule has 1 heterocycles. The Kier molecular flexibility index (Phi) is 4.98. The SMILES string of the molecule is CCn1ncc(Cl)c1C(NC)C(C)(CC)OC. The van der Waals surface area contributed by atoms with Crippen LogP contribution in [0.15, 0.2) is 6.20 Å². The smallest absolute Gasteiger partial charge is 0.0857 e. The summed E-state index contributed by atoms with van der Waals surface area (Å²) in [7, 11) is 3.65. The molecule has 2 unspecified atom stereocenters. The summed E-state index contributed by atoms with van der Waals surface area (Å²) in [5, 5.41) is 8.25. The fraction of sp³-hybridized carbons (Fsp3) is 0.750. The Morgan fingerprint density at radius 1 is 1.59 bits per heavy atom. The van der Waals surface area contributed by atoms with Gasteiger partial charge >= 0.3 is 0 Å². The van der Waals surface area contributed by atoms with E-state index in [2.05, 4.69) is 31.2 Å². The van der Waals surface area contributed by atoms with Crippen molar-refractivity contribution in [2.24, 2.45) is 0 Å². The van der Waals surface area contributed by atoms with Crippen LogP contribution in [0.2, 0.25) is 5.02 Å². The van der Waals surface area contributed by atoms with Crippen LogP contribution in [0.25, 0.3) is 0 Å². The first kappa shape index (κ1) is 14.5. The van der Waals surface area contributed by atoms with Crippen molar-refractivity contribution in [1.29, 1.82) is 0 Å². The van der Waals surface area contributed by atoms with Gasteiger partial charge in [-0.05, 0) is 27.3 Å². The summed E-state index contributed by atoms with van der Waals surface area (Å²) in [4.78, 5) is 0. The van der Waals surface area contributed by atoms with Gasteiger partial charge in [-0.25, -0.2) is 0 Å². The zero-order chi connectivity index (χ0) is 13.1. The molecular formula is C12H22ClN3O. The van der Waals surface area contributed by atoms with Crippen LogP contribution in [0.5, 0.6) is 0 Å². The highest BCUT2D eigenvalue weighted by Crippen LogP contribution is 2.34. The molecule has 0 saturated heterocycles. The van der Waals surface area contributed by atoms with E-state index in [0.29, 0.717) is 5.02 Å². The summed E-state index contributed by atoms with van der Waals surface area (Å²) in [6, 6.07) is 0.0208. The minimum absolute atomic E-state index is 0.0208. The molecule has 0 amide bonds. The summed E-state index contributed by atoms with van der Waals surface area (Å²) in [6.07, 6.45) is 2.58. The van der Waals surface area contributed by atoms with Crippen LogP contribution in [-0.2, 0) is 11.3 Å². The van der Waals surface area contributed by atoms with E-state index in [1.54, 1.807) is 13.3 Å². The Bertz CT molecular complexity index is 361. The molecule has 0 saturated carbocycles. The lowest BCUT2D eigenvalue weighted by Gasteiger charge is -2.36. The van der Waals surface area contributed by atoms with Crippen molar-refractivity contribution in [2.75, 3.05) is 14.2 Å². The predicted molar refractivity (Wildman–Crippen MR) is 70.4 cm³/mol. The third-order valence-corrected chi connectivity index (χ3v) is 3.77. The fourth-order valence-electron chi connectivity index (χ4n) is 2.11. The Labute approximate surface area is 108 Å². The van der Waals surface area contributed by atoms with Gasteiger partial charge in [-0.1, -0.05) is 18.5 Å². The lowest BCUT2D eigenvalue weighted by molar-refractivity contribution is -0.0302. The molecule has 0 radical (unpaired) electrons. The van der Waals surface area contributed by atoms with Gasteiger partial charge in [0.25, 0.3) is 0 Å². The van der Waals surface area contributed by atoms with Crippen molar-refractivity contribution < 1.29 is 4.74 Å². The van der Waals surface area contributed by atoms with Gasteiger partial charge in [0.05, 0.1) is 28.6 Å². The molecule has 17 heavy (non-hydrogen) atoms. The molecule has 4 nitrogen and oxygen atoms in total.